The second kappa shape index (κ2) is 5.00. The van der Waals surface area contributed by atoms with Crippen LogP contribution in [0.15, 0.2) is 0 Å². The zero-order chi connectivity index (χ0) is 12.3. The summed E-state index contributed by atoms with van der Waals surface area (Å²) >= 11 is 0.742. The number of rotatable bonds is 3. The molecule has 1 amide bonds. The highest BCUT2D eigenvalue weighted by Gasteiger charge is 2.34. The Kier molecular flexibility index (Phi) is 4.14. The lowest BCUT2D eigenvalue weighted by molar-refractivity contribution is -0.115. The molecule has 90 valence electrons. The second-order valence-corrected chi connectivity index (χ2v) is 5.41. The van der Waals surface area contributed by atoms with Gasteiger partial charge in [0.15, 0.2) is 0 Å². The Balaban J connectivity index is 2.52. The predicted octanol–water partition coefficient (Wildman–Crippen LogP) is 2.43. The molecule has 0 unspecified atom stereocenters. The van der Waals surface area contributed by atoms with Crippen LogP contribution in [0.2, 0.25) is 0 Å². The van der Waals surface area contributed by atoms with Crippen molar-refractivity contribution in [1.82, 2.24) is 10.2 Å². The summed E-state index contributed by atoms with van der Waals surface area (Å²) in [5.41, 5.74) is -4.42. The Morgan fingerprint density at radius 3 is 2.56 bits per heavy atom. The number of anilines is 1. The molecule has 1 atom stereocenters. The van der Waals surface area contributed by atoms with Gasteiger partial charge in [0.25, 0.3) is 0 Å². The highest BCUT2D eigenvalue weighted by atomic mass is 32.2. The monoisotopic (exact) mass is 271 g/mol. The molecule has 1 aromatic rings. The maximum Gasteiger partial charge on any atom is 0.442 e. The van der Waals surface area contributed by atoms with Gasteiger partial charge in [0, 0.05) is 0 Å². The van der Waals surface area contributed by atoms with Crippen molar-refractivity contribution in [1.29, 1.82) is 0 Å². The molecule has 16 heavy (non-hydrogen) atoms. The minimum absolute atomic E-state index is 0.206. The van der Waals surface area contributed by atoms with Crippen LogP contribution in [0, 0.1) is 6.92 Å². The van der Waals surface area contributed by atoms with E-state index in [-0.39, 0.29) is 16.9 Å². The van der Waals surface area contributed by atoms with Crippen molar-refractivity contribution in [3.8, 4) is 0 Å². The molecule has 0 fully saturated rings. The zero-order valence-corrected chi connectivity index (χ0v) is 9.96. The number of alkyl halides is 3. The summed E-state index contributed by atoms with van der Waals surface area (Å²) in [6, 6.07) is 0. The average Bonchev–Trinajstić information content (AvgIpc) is 2.48. The maximum absolute atomic E-state index is 12.0. The Morgan fingerprint density at radius 1 is 1.50 bits per heavy atom. The van der Waals surface area contributed by atoms with Gasteiger partial charge in [-0.15, -0.1) is 10.2 Å². The Bertz CT molecular complexity index is 379. The molecule has 0 bridgehead atoms. The van der Waals surface area contributed by atoms with Gasteiger partial charge in [0.2, 0.25) is 11.0 Å². The van der Waals surface area contributed by atoms with E-state index in [0.717, 1.165) is 11.3 Å². The first-order valence-corrected chi connectivity index (χ1v) is 5.83. The summed E-state index contributed by atoms with van der Waals surface area (Å²) in [7, 11) is 0. The number of carbonyl (C=O) groups excluding carboxylic acids is 1. The van der Waals surface area contributed by atoms with Crippen LogP contribution in [0.1, 0.15) is 11.9 Å². The van der Waals surface area contributed by atoms with Crippen LogP contribution in [0.3, 0.4) is 0 Å². The molecule has 0 aliphatic carbocycles. The summed E-state index contributed by atoms with van der Waals surface area (Å²) in [6.07, 6.45) is 0. The molecule has 1 rings (SSSR count). The van der Waals surface area contributed by atoms with Crippen molar-refractivity contribution in [3.05, 3.63) is 5.01 Å². The summed E-state index contributed by atoms with van der Waals surface area (Å²) in [4.78, 5) is 11.3. The number of hydrogen-bond donors (Lipinski definition) is 1. The van der Waals surface area contributed by atoms with E-state index in [1.165, 1.54) is 6.92 Å². The molecule has 0 radical (unpaired) electrons. The van der Waals surface area contributed by atoms with Gasteiger partial charge in [-0.05, 0) is 25.6 Å². The van der Waals surface area contributed by atoms with Gasteiger partial charge in [0.1, 0.15) is 5.01 Å². The number of nitrogens with one attached hydrogen (secondary N) is 1. The van der Waals surface area contributed by atoms with Crippen molar-refractivity contribution in [2.45, 2.75) is 24.6 Å². The van der Waals surface area contributed by atoms with E-state index in [0.29, 0.717) is 5.01 Å². The Labute approximate surface area is 97.6 Å². The fraction of sp³-hybridized carbons (Fsp3) is 0.571. The lowest BCUT2D eigenvalue weighted by Crippen LogP contribution is -2.25. The van der Waals surface area contributed by atoms with Crippen LogP contribution in [0.5, 0.6) is 0 Å². The van der Waals surface area contributed by atoms with Crippen LogP contribution >= 0.6 is 23.1 Å². The quantitative estimate of drug-likeness (QED) is 0.917. The number of aromatic nitrogens is 2. The molecule has 9 heteroatoms. The fourth-order valence-corrected chi connectivity index (χ4v) is 1.97. The van der Waals surface area contributed by atoms with E-state index in [1.54, 1.807) is 6.92 Å². The lowest BCUT2D eigenvalue weighted by atomic mass is 10.4. The van der Waals surface area contributed by atoms with E-state index >= 15 is 0 Å². The van der Waals surface area contributed by atoms with E-state index in [9.17, 15) is 18.0 Å². The van der Waals surface area contributed by atoms with Crippen molar-refractivity contribution < 1.29 is 18.0 Å². The van der Waals surface area contributed by atoms with Crippen molar-refractivity contribution in [2.75, 3.05) is 5.32 Å². The molecule has 1 heterocycles. The summed E-state index contributed by atoms with van der Waals surface area (Å²) in [6.45, 7) is 2.86. The van der Waals surface area contributed by atoms with Gasteiger partial charge >= 0.3 is 5.51 Å². The molecule has 1 N–H and O–H groups in total. The van der Waals surface area contributed by atoms with Crippen LogP contribution in [0.4, 0.5) is 18.3 Å². The summed E-state index contributed by atoms with van der Waals surface area (Å²) in [5.74, 6) is -0.738. The van der Waals surface area contributed by atoms with E-state index in [2.05, 4.69) is 15.5 Å². The topological polar surface area (TPSA) is 54.9 Å². The number of nitrogens with zero attached hydrogens (tertiary/aromatic N) is 2. The fourth-order valence-electron chi connectivity index (χ4n) is 0.808. The average molecular weight is 271 g/mol. The largest absolute Gasteiger partial charge is 0.442 e. The third kappa shape index (κ3) is 4.35. The van der Waals surface area contributed by atoms with E-state index in [4.69, 9.17) is 0 Å². The van der Waals surface area contributed by atoms with Crippen molar-refractivity contribution in [2.24, 2.45) is 0 Å². The minimum atomic E-state index is -4.42. The second-order valence-electron chi connectivity index (χ2n) is 2.82. The highest BCUT2D eigenvalue weighted by molar-refractivity contribution is 8.01. The Morgan fingerprint density at radius 2 is 2.12 bits per heavy atom. The van der Waals surface area contributed by atoms with Gasteiger partial charge < -0.3 is 0 Å². The molecular formula is C7H8F3N3OS2. The highest BCUT2D eigenvalue weighted by Crippen LogP contribution is 2.34. The lowest BCUT2D eigenvalue weighted by Gasteiger charge is -2.11. The van der Waals surface area contributed by atoms with Crippen LogP contribution in [0.25, 0.3) is 0 Å². The van der Waals surface area contributed by atoms with E-state index in [1.807, 2.05) is 0 Å². The number of carbonyl (C=O) groups is 1. The molecule has 1 aromatic heterocycles. The first kappa shape index (κ1) is 13.2. The van der Waals surface area contributed by atoms with E-state index < -0.39 is 16.7 Å². The molecule has 4 nitrogen and oxygen atoms in total. The number of hydrogen-bond acceptors (Lipinski definition) is 5. The molecule has 0 aromatic carbocycles. The number of aryl methyl sites for hydroxylation is 1. The van der Waals surface area contributed by atoms with Gasteiger partial charge in [0.05, 0.1) is 5.25 Å². The number of halogens is 3. The Hall–Kier alpha value is -0.830. The van der Waals surface area contributed by atoms with Crippen LogP contribution in [-0.2, 0) is 4.79 Å². The first-order valence-electron chi connectivity index (χ1n) is 4.13. The molecular weight excluding hydrogens is 263 g/mol. The molecule has 0 aliphatic rings. The molecule has 0 saturated heterocycles. The van der Waals surface area contributed by atoms with Crippen molar-refractivity contribution >= 4 is 34.1 Å². The van der Waals surface area contributed by atoms with Gasteiger partial charge in [-0.3, -0.25) is 10.1 Å². The smallest absolute Gasteiger partial charge is 0.300 e. The zero-order valence-electron chi connectivity index (χ0n) is 8.33. The van der Waals surface area contributed by atoms with Gasteiger partial charge in [-0.1, -0.05) is 11.3 Å². The molecule has 0 saturated carbocycles. The van der Waals surface area contributed by atoms with Crippen LogP contribution in [-0.4, -0.2) is 26.9 Å². The maximum atomic E-state index is 12.0. The van der Waals surface area contributed by atoms with Gasteiger partial charge in [-0.2, -0.15) is 13.2 Å². The standard InChI is InChI=1S/C7H8F3N3OS2/c1-3(16-7(8,9)10)5(14)11-6-13-12-4(2)15-6/h3H,1-2H3,(H,11,13,14)/t3-/m0/s1. The normalized spacial score (nSPS) is 13.6. The number of amides is 1. The van der Waals surface area contributed by atoms with Crippen molar-refractivity contribution in [3.63, 3.8) is 0 Å². The summed E-state index contributed by atoms with van der Waals surface area (Å²) < 4.78 is 35.9. The predicted molar refractivity (Wildman–Crippen MR) is 56.4 cm³/mol. The van der Waals surface area contributed by atoms with Crippen LogP contribution < -0.4 is 5.32 Å². The number of thioether (sulfide) groups is 1. The molecule has 0 spiro atoms. The van der Waals surface area contributed by atoms with Gasteiger partial charge in [-0.25, -0.2) is 0 Å². The summed E-state index contributed by atoms with van der Waals surface area (Å²) in [5, 5.41) is 9.10. The third-order valence-corrected chi connectivity index (χ3v) is 3.02. The first-order chi connectivity index (χ1) is 7.28. The third-order valence-electron chi connectivity index (χ3n) is 1.44. The SMILES string of the molecule is Cc1nnc(NC(=O)[C@H](C)SC(F)(F)F)s1. The molecule has 0 aliphatic heterocycles. The minimum Gasteiger partial charge on any atom is -0.300 e.